The van der Waals surface area contributed by atoms with E-state index in [9.17, 15) is 0 Å². The molecule has 18 heavy (non-hydrogen) atoms. The normalized spacial score (nSPS) is 10.4. The first kappa shape index (κ1) is 10.7. The highest BCUT2D eigenvalue weighted by molar-refractivity contribution is 7.99. The lowest BCUT2D eigenvalue weighted by Gasteiger charge is -1.99. The molecule has 6 heteroatoms. The monoisotopic (exact) mass is 253 g/mol. The van der Waals surface area contributed by atoms with Crippen molar-refractivity contribution in [2.75, 3.05) is 0 Å². The van der Waals surface area contributed by atoms with Crippen molar-refractivity contribution in [2.24, 2.45) is 0 Å². The van der Waals surface area contributed by atoms with Crippen LogP contribution in [0, 0.1) is 11.3 Å². The molecule has 0 saturated carbocycles. The molecule has 0 N–H and O–H groups in total. The molecular formula is C12H7N5S. The highest BCUT2D eigenvalue weighted by atomic mass is 32.2. The van der Waals surface area contributed by atoms with Gasteiger partial charge < -0.3 is 0 Å². The van der Waals surface area contributed by atoms with E-state index < -0.39 is 0 Å². The van der Waals surface area contributed by atoms with E-state index in [1.807, 2.05) is 40.9 Å². The summed E-state index contributed by atoms with van der Waals surface area (Å²) in [6.45, 7) is 0. The SMILES string of the molecule is N#Cc1ccc(Sc2nnc3ccccn23)cn1. The van der Waals surface area contributed by atoms with E-state index in [0.717, 1.165) is 15.7 Å². The minimum absolute atomic E-state index is 0.408. The molecular weight excluding hydrogens is 246 g/mol. The molecule has 3 aromatic rings. The summed E-state index contributed by atoms with van der Waals surface area (Å²) >= 11 is 1.46. The maximum atomic E-state index is 8.68. The van der Waals surface area contributed by atoms with Crippen molar-refractivity contribution in [1.82, 2.24) is 19.6 Å². The van der Waals surface area contributed by atoms with Crippen LogP contribution >= 0.6 is 11.8 Å². The lowest BCUT2D eigenvalue weighted by molar-refractivity contribution is 0.920. The zero-order valence-corrected chi connectivity index (χ0v) is 10.0. The Morgan fingerprint density at radius 2 is 2.11 bits per heavy atom. The second kappa shape index (κ2) is 4.47. The van der Waals surface area contributed by atoms with Gasteiger partial charge in [-0.25, -0.2) is 4.98 Å². The second-order valence-corrected chi connectivity index (χ2v) is 4.55. The van der Waals surface area contributed by atoms with E-state index in [1.165, 1.54) is 11.8 Å². The smallest absolute Gasteiger partial charge is 0.200 e. The summed E-state index contributed by atoms with van der Waals surface area (Å²) in [4.78, 5) is 4.94. The van der Waals surface area contributed by atoms with Crippen LogP contribution in [0.1, 0.15) is 5.69 Å². The van der Waals surface area contributed by atoms with Crippen LogP contribution in [0.4, 0.5) is 0 Å². The first-order valence-electron chi connectivity index (χ1n) is 5.20. The molecule has 3 aromatic heterocycles. The number of aromatic nitrogens is 4. The van der Waals surface area contributed by atoms with Crippen molar-refractivity contribution < 1.29 is 0 Å². The van der Waals surface area contributed by atoms with Gasteiger partial charge in [0.05, 0.1) is 0 Å². The van der Waals surface area contributed by atoms with Gasteiger partial charge in [0.2, 0.25) is 0 Å². The van der Waals surface area contributed by atoms with Gasteiger partial charge in [-0.05, 0) is 36.0 Å². The Bertz CT molecular complexity index is 726. The maximum absolute atomic E-state index is 8.68. The minimum atomic E-state index is 0.408. The molecule has 0 bridgehead atoms. The Kier molecular flexibility index (Phi) is 2.67. The van der Waals surface area contributed by atoms with Crippen molar-refractivity contribution in [3.63, 3.8) is 0 Å². The molecule has 0 aromatic carbocycles. The molecule has 0 amide bonds. The fraction of sp³-hybridized carbons (Fsp3) is 0. The van der Waals surface area contributed by atoms with Gasteiger partial charge in [-0.1, -0.05) is 6.07 Å². The van der Waals surface area contributed by atoms with Crippen molar-refractivity contribution in [2.45, 2.75) is 10.1 Å². The summed E-state index contributed by atoms with van der Waals surface area (Å²) in [7, 11) is 0. The van der Waals surface area contributed by atoms with Gasteiger partial charge in [-0.3, -0.25) is 4.40 Å². The van der Waals surface area contributed by atoms with Crippen molar-refractivity contribution >= 4 is 17.4 Å². The van der Waals surface area contributed by atoms with E-state index in [0.29, 0.717) is 5.69 Å². The molecule has 0 spiro atoms. The Morgan fingerprint density at radius 1 is 1.17 bits per heavy atom. The van der Waals surface area contributed by atoms with Crippen molar-refractivity contribution in [1.29, 1.82) is 5.26 Å². The second-order valence-electron chi connectivity index (χ2n) is 3.50. The Labute approximate surface area is 107 Å². The molecule has 86 valence electrons. The third-order valence-corrected chi connectivity index (χ3v) is 3.28. The number of hydrogen-bond donors (Lipinski definition) is 0. The zero-order valence-electron chi connectivity index (χ0n) is 9.19. The number of fused-ring (bicyclic) bond motifs is 1. The fourth-order valence-electron chi connectivity index (χ4n) is 1.50. The first-order chi connectivity index (χ1) is 8.86. The molecule has 5 nitrogen and oxygen atoms in total. The van der Waals surface area contributed by atoms with Gasteiger partial charge in [0, 0.05) is 17.3 Å². The molecule has 0 atom stereocenters. The number of pyridine rings is 2. The molecule has 0 aliphatic rings. The summed E-state index contributed by atoms with van der Waals surface area (Å²) in [5.41, 5.74) is 1.21. The standard InChI is InChI=1S/C12H7N5S/c13-7-9-4-5-10(8-14-9)18-12-16-15-11-3-1-2-6-17(11)12/h1-6,8H. The first-order valence-corrected chi connectivity index (χ1v) is 6.02. The number of hydrogen-bond acceptors (Lipinski definition) is 5. The van der Waals surface area contributed by atoms with E-state index in [2.05, 4.69) is 15.2 Å². The Hall–Kier alpha value is -2.39. The van der Waals surface area contributed by atoms with Crippen LogP contribution in [0.3, 0.4) is 0 Å². The minimum Gasteiger partial charge on any atom is -0.277 e. The molecule has 3 heterocycles. The van der Waals surface area contributed by atoms with E-state index in [-0.39, 0.29) is 0 Å². The highest BCUT2D eigenvalue weighted by Crippen LogP contribution is 2.25. The predicted octanol–water partition coefficient (Wildman–Crippen LogP) is 2.15. The Balaban J connectivity index is 1.94. The van der Waals surface area contributed by atoms with Crippen LogP contribution in [0.5, 0.6) is 0 Å². The maximum Gasteiger partial charge on any atom is 0.200 e. The summed E-state index contributed by atoms with van der Waals surface area (Å²) < 4.78 is 1.91. The van der Waals surface area contributed by atoms with Gasteiger partial charge in [-0.15, -0.1) is 10.2 Å². The molecule has 0 unspecified atom stereocenters. The van der Waals surface area contributed by atoms with Crippen LogP contribution in [-0.2, 0) is 0 Å². The average Bonchev–Trinajstić information content (AvgIpc) is 2.83. The summed E-state index contributed by atoms with van der Waals surface area (Å²) in [6.07, 6.45) is 3.57. The molecule has 0 radical (unpaired) electrons. The van der Waals surface area contributed by atoms with E-state index in [4.69, 9.17) is 5.26 Å². The van der Waals surface area contributed by atoms with Gasteiger partial charge >= 0.3 is 0 Å². The molecule has 0 fully saturated rings. The molecule has 0 aliphatic carbocycles. The van der Waals surface area contributed by atoms with Gasteiger partial charge in [0.25, 0.3) is 0 Å². The lowest BCUT2D eigenvalue weighted by atomic mass is 10.4. The topological polar surface area (TPSA) is 66.9 Å². The van der Waals surface area contributed by atoms with Crippen LogP contribution in [-0.4, -0.2) is 19.6 Å². The summed E-state index contributed by atoms with van der Waals surface area (Å²) in [6, 6.07) is 11.3. The van der Waals surface area contributed by atoms with Crippen LogP contribution < -0.4 is 0 Å². The van der Waals surface area contributed by atoms with E-state index in [1.54, 1.807) is 12.3 Å². The van der Waals surface area contributed by atoms with Gasteiger partial charge in [-0.2, -0.15) is 5.26 Å². The number of nitrogens with zero attached hydrogens (tertiary/aromatic N) is 5. The summed E-state index contributed by atoms with van der Waals surface area (Å²) in [5, 5.41) is 17.6. The number of rotatable bonds is 2. The van der Waals surface area contributed by atoms with Crippen molar-refractivity contribution in [3.05, 3.63) is 48.4 Å². The van der Waals surface area contributed by atoms with Gasteiger partial charge in [0.1, 0.15) is 11.8 Å². The molecule has 0 aliphatic heterocycles. The van der Waals surface area contributed by atoms with Crippen LogP contribution in [0.2, 0.25) is 0 Å². The quantitative estimate of drug-likeness (QED) is 0.700. The lowest BCUT2D eigenvalue weighted by Crippen LogP contribution is -1.87. The Morgan fingerprint density at radius 3 is 2.89 bits per heavy atom. The molecule has 3 rings (SSSR count). The molecule has 0 saturated heterocycles. The van der Waals surface area contributed by atoms with Crippen LogP contribution in [0.25, 0.3) is 5.65 Å². The largest absolute Gasteiger partial charge is 0.277 e. The third kappa shape index (κ3) is 1.92. The van der Waals surface area contributed by atoms with Gasteiger partial charge in [0.15, 0.2) is 10.8 Å². The highest BCUT2D eigenvalue weighted by Gasteiger charge is 2.06. The van der Waals surface area contributed by atoms with Crippen LogP contribution in [0.15, 0.2) is 52.8 Å². The predicted molar refractivity (Wildman–Crippen MR) is 66.1 cm³/mol. The summed E-state index contributed by atoms with van der Waals surface area (Å²) in [5.74, 6) is 0. The third-order valence-electron chi connectivity index (χ3n) is 2.34. The zero-order chi connectivity index (χ0) is 12.4. The van der Waals surface area contributed by atoms with Crippen molar-refractivity contribution in [3.8, 4) is 6.07 Å². The number of nitriles is 1. The fourth-order valence-corrected chi connectivity index (χ4v) is 2.29. The average molecular weight is 253 g/mol. The van der Waals surface area contributed by atoms with E-state index >= 15 is 0 Å².